The van der Waals surface area contributed by atoms with E-state index in [-0.39, 0.29) is 66.9 Å². The minimum Gasteiger partial charge on any atom is -0.497 e. The summed E-state index contributed by atoms with van der Waals surface area (Å²) in [5.41, 5.74) is -0.188. The number of nitrogens with one attached hydrogen (secondary N) is 2. The van der Waals surface area contributed by atoms with Gasteiger partial charge >= 0.3 is 11.7 Å². The molecule has 1 aromatic heterocycles. The van der Waals surface area contributed by atoms with E-state index in [1.54, 1.807) is 48.2 Å². The van der Waals surface area contributed by atoms with Crippen molar-refractivity contribution in [1.82, 2.24) is 24.3 Å². The number of carbonyl (C=O) groups excluding carboxylic acids is 4. The van der Waals surface area contributed by atoms with E-state index in [4.69, 9.17) is 21.1 Å². The fourth-order valence-corrected chi connectivity index (χ4v) is 6.33. The third-order valence-corrected chi connectivity index (χ3v) is 9.04. The van der Waals surface area contributed by atoms with Gasteiger partial charge in [0.05, 0.1) is 43.1 Å². The zero-order valence-corrected chi connectivity index (χ0v) is 27.8. The number of hydrogen-bond acceptors (Lipinski definition) is 8. The molecule has 2 aromatic carbocycles. The number of halogens is 1. The van der Waals surface area contributed by atoms with Gasteiger partial charge in [-0.15, -0.1) is 0 Å². The molecule has 0 radical (unpaired) electrons. The van der Waals surface area contributed by atoms with Crippen molar-refractivity contribution in [2.75, 3.05) is 45.7 Å². The van der Waals surface area contributed by atoms with E-state index >= 15 is 0 Å². The van der Waals surface area contributed by atoms with E-state index in [0.29, 0.717) is 41.2 Å². The number of Topliss-reactive ketones (excluding diaryl/α,β-unsaturated/α-hetero) is 1. The molecule has 0 spiro atoms. The Morgan fingerprint density at radius 3 is 2.42 bits per heavy atom. The number of piperidine rings is 1. The van der Waals surface area contributed by atoms with Crippen molar-refractivity contribution in [3.05, 3.63) is 74.0 Å². The summed E-state index contributed by atoms with van der Waals surface area (Å²) in [5.74, 6) is -0.0880. The number of rotatable bonds is 9. The number of anilines is 1. The van der Waals surface area contributed by atoms with Crippen LogP contribution in [0.5, 0.6) is 11.5 Å². The number of hydrogen-bond donors (Lipinski definition) is 2. The monoisotopic (exact) mass is 680 g/mol. The molecule has 2 aliphatic heterocycles. The SMILES string of the molecule is COc1ccc2c(c1)C(=O)CN(C1CCN(C(=O)Cn3cc(-c4cccc(OC)c4Cl)c(=O)n([C@@H](C)CNC(C)=O)c3=O)CC1)C(=O)N2. The molecule has 5 rings (SSSR count). The number of aromatic nitrogens is 2. The Kier molecular flexibility index (Phi) is 10.2. The second kappa shape index (κ2) is 14.3. The normalized spacial score (nSPS) is 15.7. The lowest BCUT2D eigenvalue weighted by molar-refractivity contribution is -0.133. The van der Waals surface area contributed by atoms with Crippen LogP contribution in [0.3, 0.4) is 0 Å². The summed E-state index contributed by atoms with van der Waals surface area (Å²) in [5, 5.41) is 5.60. The third kappa shape index (κ3) is 6.93. The Hall–Kier alpha value is -5.11. The van der Waals surface area contributed by atoms with E-state index in [0.717, 1.165) is 9.13 Å². The van der Waals surface area contributed by atoms with Gasteiger partial charge in [-0.3, -0.25) is 28.3 Å². The zero-order valence-electron chi connectivity index (χ0n) is 27.1. The molecule has 0 saturated carbocycles. The van der Waals surface area contributed by atoms with Crippen LogP contribution in [0.4, 0.5) is 10.5 Å². The molecule has 48 heavy (non-hydrogen) atoms. The molecule has 15 heteroatoms. The van der Waals surface area contributed by atoms with Crippen molar-refractivity contribution in [2.24, 2.45) is 0 Å². The number of amides is 4. The maximum Gasteiger partial charge on any atom is 0.331 e. The summed E-state index contributed by atoms with van der Waals surface area (Å²) in [6.07, 6.45) is 2.15. The van der Waals surface area contributed by atoms with Crippen molar-refractivity contribution in [3.8, 4) is 22.6 Å². The number of methoxy groups -OCH3 is 2. The molecule has 1 fully saturated rings. The first-order chi connectivity index (χ1) is 22.9. The molecule has 1 saturated heterocycles. The van der Waals surface area contributed by atoms with E-state index in [2.05, 4.69) is 10.6 Å². The molecule has 3 aromatic rings. The van der Waals surface area contributed by atoms with Crippen molar-refractivity contribution >= 4 is 40.9 Å². The van der Waals surface area contributed by atoms with Gasteiger partial charge in [-0.2, -0.15) is 0 Å². The first-order valence-corrected chi connectivity index (χ1v) is 15.8. The van der Waals surface area contributed by atoms with Crippen LogP contribution < -0.4 is 31.4 Å². The predicted molar refractivity (Wildman–Crippen MR) is 178 cm³/mol. The second-order valence-electron chi connectivity index (χ2n) is 11.7. The van der Waals surface area contributed by atoms with Crippen LogP contribution in [-0.4, -0.2) is 89.0 Å². The van der Waals surface area contributed by atoms with Gasteiger partial charge in [-0.1, -0.05) is 23.7 Å². The van der Waals surface area contributed by atoms with Crippen LogP contribution in [0.25, 0.3) is 11.1 Å². The minimum absolute atomic E-state index is 0.00639. The highest BCUT2D eigenvalue weighted by Gasteiger charge is 2.34. The molecule has 1 atom stereocenters. The summed E-state index contributed by atoms with van der Waals surface area (Å²) in [4.78, 5) is 81.9. The Balaban J connectivity index is 1.36. The van der Waals surface area contributed by atoms with Gasteiger partial charge in [0, 0.05) is 49.9 Å². The third-order valence-electron chi connectivity index (χ3n) is 8.65. The van der Waals surface area contributed by atoms with Crippen LogP contribution >= 0.6 is 11.6 Å². The van der Waals surface area contributed by atoms with Crippen LogP contribution in [-0.2, 0) is 16.1 Å². The van der Waals surface area contributed by atoms with Gasteiger partial charge in [-0.05, 0) is 44.0 Å². The molecule has 14 nitrogen and oxygen atoms in total. The average Bonchev–Trinajstić information content (AvgIpc) is 3.20. The lowest BCUT2D eigenvalue weighted by Gasteiger charge is -2.37. The number of ketones is 1. The fourth-order valence-electron chi connectivity index (χ4n) is 6.02. The molecular weight excluding hydrogens is 644 g/mol. The predicted octanol–water partition coefficient (Wildman–Crippen LogP) is 2.77. The lowest BCUT2D eigenvalue weighted by Crippen LogP contribution is -2.51. The largest absolute Gasteiger partial charge is 0.497 e. The Labute approximate surface area is 281 Å². The van der Waals surface area contributed by atoms with Crippen LogP contribution in [0.15, 0.2) is 52.2 Å². The number of urea groups is 1. The smallest absolute Gasteiger partial charge is 0.331 e. The highest BCUT2D eigenvalue weighted by molar-refractivity contribution is 6.34. The Bertz CT molecular complexity index is 1880. The van der Waals surface area contributed by atoms with Crippen molar-refractivity contribution in [3.63, 3.8) is 0 Å². The Morgan fingerprint density at radius 2 is 1.75 bits per heavy atom. The highest BCUT2D eigenvalue weighted by Crippen LogP contribution is 2.34. The quantitative estimate of drug-likeness (QED) is 0.349. The van der Waals surface area contributed by atoms with Crippen molar-refractivity contribution in [2.45, 2.75) is 45.3 Å². The number of carbonyl (C=O) groups is 4. The Morgan fingerprint density at radius 1 is 1.02 bits per heavy atom. The molecule has 3 heterocycles. The lowest BCUT2D eigenvalue weighted by atomic mass is 10.0. The van der Waals surface area contributed by atoms with E-state index in [1.165, 1.54) is 32.2 Å². The molecule has 0 aliphatic carbocycles. The number of benzene rings is 2. The highest BCUT2D eigenvalue weighted by atomic mass is 35.5. The van der Waals surface area contributed by atoms with Gasteiger partial charge in [0.2, 0.25) is 11.8 Å². The van der Waals surface area contributed by atoms with Gasteiger partial charge in [0.15, 0.2) is 5.78 Å². The number of fused-ring (bicyclic) bond motifs is 1. The zero-order chi connectivity index (χ0) is 34.7. The maximum absolute atomic E-state index is 13.7. The van der Waals surface area contributed by atoms with Gasteiger partial charge in [0.1, 0.15) is 18.0 Å². The molecular formula is C33H37ClN6O8. The van der Waals surface area contributed by atoms with E-state index in [9.17, 15) is 28.8 Å². The van der Waals surface area contributed by atoms with Gasteiger partial charge < -0.3 is 29.9 Å². The summed E-state index contributed by atoms with van der Waals surface area (Å²) in [7, 11) is 2.94. The van der Waals surface area contributed by atoms with Gasteiger partial charge in [-0.25, -0.2) is 9.59 Å². The fraction of sp³-hybridized carbons (Fsp3) is 0.394. The molecule has 4 amide bonds. The maximum atomic E-state index is 13.7. The molecule has 2 aliphatic rings. The summed E-state index contributed by atoms with van der Waals surface area (Å²) in [6.45, 7) is 3.03. The number of likely N-dealkylation sites (tertiary alicyclic amines) is 1. The second-order valence-corrected chi connectivity index (χ2v) is 12.1. The van der Waals surface area contributed by atoms with Crippen molar-refractivity contribution < 1.29 is 28.7 Å². The van der Waals surface area contributed by atoms with Crippen molar-refractivity contribution in [1.29, 1.82) is 0 Å². The summed E-state index contributed by atoms with van der Waals surface area (Å²) in [6, 6.07) is 8.36. The first kappa shape index (κ1) is 34.2. The van der Waals surface area contributed by atoms with E-state index in [1.807, 2.05) is 0 Å². The summed E-state index contributed by atoms with van der Waals surface area (Å²) < 4.78 is 12.7. The average molecular weight is 681 g/mol. The van der Waals surface area contributed by atoms with Gasteiger partial charge in [0.25, 0.3) is 5.56 Å². The molecule has 0 bridgehead atoms. The molecule has 254 valence electrons. The van der Waals surface area contributed by atoms with Crippen LogP contribution in [0.2, 0.25) is 5.02 Å². The summed E-state index contributed by atoms with van der Waals surface area (Å²) >= 11 is 6.57. The molecule has 2 N–H and O–H groups in total. The van der Waals surface area contributed by atoms with Crippen LogP contribution in [0.1, 0.15) is 43.1 Å². The number of nitrogens with zero attached hydrogens (tertiary/aromatic N) is 4. The molecule has 0 unspecified atom stereocenters. The topological polar surface area (TPSA) is 161 Å². The van der Waals surface area contributed by atoms with Crippen LogP contribution in [0, 0.1) is 0 Å². The standard InChI is InChI=1S/C33H37ClN6O8/c1-19(15-35-20(2)41)40-31(44)25(23-6-5-7-28(48-4)30(23)34)16-38(33(40)46)18-29(43)37-12-10-21(11-13-37)39-17-27(42)24-14-22(47-3)8-9-26(24)36-32(39)45/h5-9,14,16,19,21H,10-13,15,17-18H2,1-4H3,(H,35,41)(H,36,45)/t19-/m0/s1. The minimum atomic E-state index is -0.745. The number of ether oxygens (including phenoxy) is 2. The first-order valence-electron chi connectivity index (χ1n) is 15.4. The van der Waals surface area contributed by atoms with E-state index < -0.39 is 23.3 Å².